The Morgan fingerprint density at radius 2 is 1.72 bits per heavy atom. The summed E-state index contributed by atoms with van der Waals surface area (Å²) < 4.78 is 0. The van der Waals surface area contributed by atoms with Crippen LogP contribution in [-0.2, 0) is 0 Å². The van der Waals surface area contributed by atoms with Gasteiger partial charge in [0.2, 0.25) is 0 Å². The largest absolute Gasteiger partial charge is 0.382 e. The highest BCUT2D eigenvalue weighted by Crippen LogP contribution is 2.15. The van der Waals surface area contributed by atoms with Gasteiger partial charge in [0.25, 0.3) is 0 Å². The normalized spacial score (nSPS) is 11.6. The molecule has 1 nitrogen and oxygen atoms in total. The fourth-order valence-corrected chi connectivity index (χ4v) is 1.61. The number of allylic oxidation sites excluding steroid dienone is 5. The lowest BCUT2D eigenvalue weighted by atomic mass is 10.0. The van der Waals surface area contributed by atoms with Gasteiger partial charge in [-0.25, -0.2) is 0 Å². The molecule has 18 heavy (non-hydrogen) atoms. The maximum absolute atomic E-state index is 3.99. The van der Waals surface area contributed by atoms with Gasteiger partial charge < -0.3 is 5.32 Å². The highest BCUT2D eigenvalue weighted by atomic mass is 14.9. The van der Waals surface area contributed by atoms with Crippen LogP contribution in [0.3, 0.4) is 0 Å². The van der Waals surface area contributed by atoms with E-state index in [9.17, 15) is 0 Å². The Labute approximate surface area is 114 Å². The van der Waals surface area contributed by atoms with E-state index in [1.54, 1.807) is 0 Å². The molecule has 1 N–H and O–H groups in total. The van der Waals surface area contributed by atoms with Crippen LogP contribution < -0.4 is 5.32 Å². The zero-order valence-electron chi connectivity index (χ0n) is 12.6. The van der Waals surface area contributed by atoms with Crippen molar-refractivity contribution in [3.8, 4) is 0 Å². The van der Waals surface area contributed by atoms with E-state index in [0.29, 0.717) is 6.04 Å². The van der Waals surface area contributed by atoms with Gasteiger partial charge in [-0.1, -0.05) is 39.2 Å². The summed E-state index contributed by atoms with van der Waals surface area (Å²) in [7, 11) is 0. The van der Waals surface area contributed by atoms with Crippen molar-refractivity contribution in [2.75, 3.05) is 0 Å². The second kappa shape index (κ2) is 12.0. The van der Waals surface area contributed by atoms with Crippen LogP contribution in [0.25, 0.3) is 0 Å². The Kier molecular flexibility index (Phi) is 12.5. The second-order valence-electron chi connectivity index (χ2n) is 3.97. The molecule has 0 amide bonds. The molecule has 0 bridgehead atoms. The summed E-state index contributed by atoms with van der Waals surface area (Å²) in [6.45, 7) is 22.3. The van der Waals surface area contributed by atoms with Crippen LogP contribution in [0, 0.1) is 0 Å². The SMILES string of the molecule is C=C.C=C/C(C(=C)C)=C(/C=C\C)NC(CC)CC. The molecular weight excluding hydrogens is 218 g/mol. The van der Waals surface area contributed by atoms with Gasteiger partial charge >= 0.3 is 0 Å². The van der Waals surface area contributed by atoms with Gasteiger partial charge in [-0.05, 0) is 43.9 Å². The predicted molar refractivity (Wildman–Crippen MR) is 85.6 cm³/mol. The molecule has 0 rings (SSSR count). The highest BCUT2D eigenvalue weighted by Gasteiger charge is 2.07. The first-order valence-corrected chi connectivity index (χ1v) is 6.52. The fourth-order valence-electron chi connectivity index (χ4n) is 1.61. The van der Waals surface area contributed by atoms with Gasteiger partial charge in [0, 0.05) is 11.7 Å². The monoisotopic (exact) mass is 247 g/mol. The molecule has 0 unspecified atom stereocenters. The molecule has 0 radical (unpaired) electrons. The van der Waals surface area contributed by atoms with E-state index in [2.05, 4.69) is 51.6 Å². The molecule has 0 spiro atoms. The second-order valence-corrected chi connectivity index (χ2v) is 3.97. The summed E-state index contributed by atoms with van der Waals surface area (Å²) >= 11 is 0. The van der Waals surface area contributed by atoms with Crippen molar-refractivity contribution >= 4 is 0 Å². The molecular formula is C17H29N. The van der Waals surface area contributed by atoms with E-state index >= 15 is 0 Å². The van der Waals surface area contributed by atoms with Gasteiger partial charge in [-0.2, -0.15) is 0 Å². The van der Waals surface area contributed by atoms with E-state index in [0.717, 1.165) is 29.7 Å². The topological polar surface area (TPSA) is 12.0 Å². The Morgan fingerprint density at radius 3 is 2.00 bits per heavy atom. The first-order chi connectivity index (χ1) is 8.60. The van der Waals surface area contributed by atoms with Crippen LogP contribution in [-0.4, -0.2) is 6.04 Å². The third-order valence-corrected chi connectivity index (χ3v) is 2.63. The van der Waals surface area contributed by atoms with Gasteiger partial charge in [0.15, 0.2) is 0 Å². The lowest BCUT2D eigenvalue weighted by Gasteiger charge is -2.19. The minimum absolute atomic E-state index is 0.514. The van der Waals surface area contributed by atoms with E-state index in [4.69, 9.17) is 0 Å². The van der Waals surface area contributed by atoms with Crippen LogP contribution in [0.1, 0.15) is 40.5 Å². The molecule has 0 fully saturated rings. The first kappa shape index (κ1) is 18.9. The number of hydrogen-bond donors (Lipinski definition) is 1. The van der Waals surface area contributed by atoms with Gasteiger partial charge in [0.1, 0.15) is 0 Å². The molecule has 1 heteroatoms. The van der Waals surface area contributed by atoms with E-state index in [1.807, 2.05) is 26.0 Å². The Balaban J connectivity index is 0. The minimum Gasteiger partial charge on any atom is -0.382 e. The van der Waals surface area contributed by atoms with E-state index < -0.39 is 0 Å². The van der Waals surface area contributed by atoms with E-state index in [-0.39, 0.29) is 0 Å². The highest BCUT2D eigenvalue weighted by molar-refractivity contribution is 5.43. The quantitative estimate of drug-likeness (QED) is 0.484. The van der Waals surface area contributed by atoms with Crippen molar-refractivity contribution < 1.29 is 0 Å². The fraction of sp³-hybridized carbons (Fsp3) is 0.412. The minimum atomic E-state index is 0.514. The molecule has 0 aliphatic rings. The average molecular weight is 247 g/mol. The molecule has 0 saturated heterocycles. The number of rotatable bonds is 7. The van der Waals surface area contributed by atoms with Crippen molar-refractivity contribution in [2.45, 2.75) is 46.6 Å². The molecule has 0 aromatic rings. The number of hydrogen-bond acceptors (Lipinski definition) is 1. The molecule has 0 aromatic carbocycles. The molecule has 0 aromatic heterocycles. The van der Waals surface area contributed by atoms with E-state index in [1.165, 1.54) is 0 Å². The Bertz CT molecular complexity index is 304. The predicted octanol–water partition coefficient (Wildman–Crippen LogP) is 5.16. The maximum Gasteiger partial charge on any atom is 0.0414 e. The summed E-state index contributed by atoms with van der Waals surface area (Å²) in [5.74, 6) is 0. The zero-order chi connectivity index (χ0) is 14.6. The van der Waals surface area contributed by atoms with Crippen molar-refractivity contribution in [1.29, 1.82) is 0 Å². The van der Waals surface area contributed by atoms with Crippen LogP contribution in [0.15, 0.2) is 61.4 Å². The van der Waals surface area contributed by atoms with Crippen LogP contribution >= 0.6 is 0 Å². The zero-order valence-corrected chi connectivity index (χ0v) is 12.6. The molecule has 0 aliphatic heterocycles. The summed E-state index contributed by atoms with van der Waals surface area (Å²) in [4.78, 5) is 0. The Hall–Kier alpha value is -1.50. The number of nitrogens with one attached hydrogen (secondary N) is 1. The van der Waals surface area contributed by atoms with Crippen LogP contribution in [0.5, 0.6) is 0 Å². The summed E-state index contributed by atoms with van der Waals surface area (Å²) in [6, 6.07) is 0.514. The third kappa shape index (κ3) is 6.95. The molecule has 0 heterocycles. The van der Waals surface area contributed by atoms with Crippen molar-refractivity contribution in [1.82, 2.24) is 5.32 Å². The lowest BCUT2D eigenvalue weighted by molar-refractivity contribution is 0.538. The summed E-state index contributed by atoms with van der Waals surface area (Å²) in [5, 5.41) is 3.55. The molecule has 102 valence electrons. The average Bonchev–Trinajstić information content (AvgIpc) is 2.38. The summed E-state index contributed by atoms with van der Waals surface area (Å²) in [6.07, 6.45) is 8.24. The molecule has 0 atom stereocenters. The smallest absolute Gasteiger partial charge is 0.0414 e. The lowest BCUT2D eigenvalue weighted by Crippen LogP contribution is -2.27. The van der Waals surface area contributed by atoms with Crippen molar-refractivity contribution in [2.24, 2.45) is 0 Å². The van der Waals surface area contributed by atoms with Gasteiger partial charge in [0.05, 0.1) is 0 Å². The van der Waals surface area contributed by atoms with Crippen LogP contribution in [0.2, 0.25) is 0 Å². The third-order valence-electron chi connectivity index (χ3n) is 2.63. The molecule has 0 saturated carbocycles. The van der Waals surface area contributed by atoms with Crippen LogP contribution in [0.4, 0.5) is 0 Å². The van der Waals surface area contributed by atoms with Gasteiger partial charge in [-0.15, -0.1) is 13.2 Å². The maximum atomic E-state index is 3.99. The Morgan fingerprint density at radius 1 is 1.22 bits per heavy atom. The summed E-state index contributed by atoms with van der Waals surface area (Å²) in [5.41, 5.74) is 3.27. The molecule has 0 aliphatic carbocycles. The van der Waals surface area contributed by atoms with Crippen molar-refractivity contribution in [3.05, 3.63) is 61.4 Å². The first-order valence-electron chi connectivity index (χ1n) is 6.52. The van der Waals surface area contributed by atoms with Crippen molar-refractivity contribution in [3.63, 3.8) is 0 Å². The van der Waals surface area contributed by atoms with Gasteiger partial charge in [-0.3, -0.25) is 0 Å². The standard InChI is InChI=1S/C15H25N.C2H4/c1-7-11-15(14(10-4)12(5)6)16-13(8-2)9-3;1-2/h7,10-11,13,16H,4-5,8-9H2,1-3,6H3;1-2H2/b11-7-,15-14+;.